The van der Waals surface area contributed by atoms with Crippen LogP contribution in [0.2, 0.25) is 0 Å². The molecule has 1 saturated carbocycles. The fraction of sp³-hybridized carbons (Fsp3) is 0.650. The zero-order valence-electron chi connectivity index (χ0n) is 32.4. The minimum Gasteiger partial charge on any atom is -0.451 e. The molecule has 1 aliphatic carbocycles. The van der Waals surface area contributed by atoms with Crippen molar-refractivity contribution in [3.05, 3.63) is 54.8 Å². The molecule has 1 atom stereocenters. The molecule has 54 heavy (non-hydrogen) atoms. The first-order chi connectivity index (χ1) is 25.8. The molecule has 2 amide bonds. The fourth-order valence-corrected chi connectivity index (χ4v) is 10.9. The molecule has 296 valence electrons. The number of halogens is 1. The fourth-order valence-electron chi connectivity index (χ4n) is 9.14. The number of aromatic nitrogens is 2. The van der Waals surface area contributed by atoms with Crippen molar-refractivity contribution in [2.75, 3.05) is 50.7 Å². The molecule has 4 fully saturated rings. The molecule has 6 rings (SSSR count). The van der Waals surface area contributed by atoms with E-state index in [1.165, 1.54) is 30.6 Å². The second-order valence-corrected chi connectivity index (χ2v) is 18.4. The molecule has 2 aromatic rings. The maximum absolute atomic E-state index is 14.4. The Morgan fingerprint density at radius 3 is 2.33 bits per heavy atom. The number of carbonyl (C=O) groups excluding carboxylic acids is 2. The average Bonchev–Trinajstić information content (AvgIpc) is 3.62. The summed E-state index contributed by atoms with van der Waals surface area (Å²) in [5.74, 6) is 0.900. The van der Waals surface area contributed by atoms with Crippen molar-refractivity contribution in [2.24, 2.45) is 11.3 Å². The standard InChI is InChI=1S/C40H58FN7O5S/c1-6-37(49)46-19-12-33(13-20-46)54(51,52)44-32-9-14-40(15-10-32)16-21-45(22-17-40)25-30-11-18-47(26-30)38-36(24-42-27-43-38)53-35-8-7-31(41)23-34(35)39(50)48(28(2)3)29(4)5/h6-8,23-24,27-30,32-33,44H,1,9-22,25-26H2,2-5H3/t30-/m0/s1. The number of carbonyl (C=O) groups is 2. The molecule has 1 N–H and O–H groups in total. The van der Waals surface area contributed by atoms with Crippen molar-refractivity contribution in [3.8, 4) is 11.5 Å². The van der Waals surface area contributed by atoms with Crippen LogP contribution in [0.5, 0.6) is 11.5 Å². The molecule has 0 bridgehead atoms. The summed E-state index contributed by atoms with van der Waals surface area (Å²) in [4.78, 5) is 42.5. The van der Waals surface area contributed by atoms with Crippen LogP contribution in [0.1, 0.15) is 95.8 Å². The lowest BCUT2D eigenvalue weighted by atomic mass is 9.67. The van der Waals surface area contributed by atoms with Crippen LogP contribution in [0.4, 0.5) is 10.2 Å². The van der Waals surface area contributed by atoms with Gasteiger partial charge in [-0.25, -0.2) is 27.5 Å². The number of benzene rings is 1. The van der Waals surface area contributed by atoms with Crippen molar-refractivity contribution in [1.82, 2.24) is 29.4 Å². The lowest BCUT2D eigenvalue weighted by Crippen LogP contribution is -2.50. The van der Waals surface area contributed by atoms with Gasteiger partial charge in [-0.05, 0) is 134 Å². The Bertz CT molecular complexity index is 1740. The van der Waals surface area contributed by atoms with Gasteiger partial charge in [-0.1, -0.05) is 6.58 Å². The molecule has 12 nitrogen and oxygen atoms in total. The summed E-state index contributed by atoms with van der Waals surface area (Å²) in [5, 5.41) is -0.450. The summed E-state index contributed by atoms with van der Waals surface area (Å²) >= 11 is 0. The van der Waals surface area contributed by atoms with Gasteiger partial charge in [-0.3, -0.25) is 9.59 Å². The Kier molecular flexibility index (Phi) is 12.6. The summed E-state index contributed by atoms with van der Waals surface area (Å²) in [6.45, 7) is 16.9. The second-order valence-electron chi connectivity index (χ2n) is 16.4. The van der Waals surface area contributed by atoms with Crippen LogP contribution in [-0.4, -0.2) is 114 Å². The highest BCUT2D eigenvalue weighted by atomic mass is 32.2. The molecule has 0 radical (unpaired) electrons. The lowest BCUT2D eigenvalue weighted by molar-refractivity contribution is -0.126. The van der Waals surface area contributed by atoms with Crippen molar-refractivity contribution < 1.29 is 27.1 Å². The number of likely N-dealkylation sites (tertiary alicyclic amines) is 2. The van der Waals surface area contributed by atoms with Crippen LogP contribution in [0, 0.1) is 17.2 Å². The van der Waals surface area contributed by atoms with E-state index in [1.54, 1.807) is 16.0 Å². The van der Waals surface area contributed by atoms with Gasteiger partial charge in [0.25, 0.3) is 5.91 Å². The number of anilines is 1. The minimum absolute atomic E-state index is 0.0171. The van der Waals surface area contributed by atoms with E-state index in [4.69, 9.17) is 4.74 Å². The first kappa shape index (κ1) is 40.1. The molecule has 1 spiro atoms. The van der Waals surface area contributed by atoms with Crippen molar-refractivity contribution in [3.63, 3.8) is 0 Å². The number of amides is 2. The molecule has 1 aromatic carbocycles. The smallest absolute Gasteiger partial charge is 0.258 e. The summed E-state index contributed by atoms with van der Waals surface area (Å²) < 4.78 is 50.2. The molecule has 4 aliphatic rings. The molecular formula is C40H58FN7O5S. The Morgan fingerprint density at radius 1 is 1.00 bits per heavy atom. The highest BCUT2D eigenvalue weighted by Gasteiger charge is 2.41. The van der Waals surface area contributed by atoms with Gasteiger partial charge in [-0.15, -0.1) is 0 Å². The molecule has 1 aromatic heterocycles. The Morgan fingerprint density at radius 2 is 1.69 bits per heavy atom. The highest BCUT2D eigenvalue weighted by Crippen LogP contribution is 2.45. The Balaban J connectivity index is 0.988. The number of nitrogens with one attached hydrogen (secondary N) is 1. The highest BCUT2D eigenvalue weighted by molar-refractivity contribution is 7.90. The van der Waals surface area contributed by atoms with Crippen LogP contribution in [0.15, 0.2) is 43.4 Å². The van der Waals surface area contributed by atoms with E-state index in [1.807, 2.05) is 27.7 Å². The zero-order valence-corrected chi connectivity index (χ0v) is 33.2. The van der Waals surface area contributed by atoms with Crippen LogP contribution in [-0.2, 0) is 14.8 Å². The predicted octanol–water partition coefficient (Wildman–Crippen LogP) is 5.61. The Hall–Kier alpha value is -3.62. The molecule has 4 heterocycles. The molecule has 3 saturated heterocycles. The van der Waals surface area contributed by atoms with Crippen LogP contribution in [0.25, 0.3) is 0 Å². The zero-order chi connectivity index (χ0) is 38.6. The average molecular weight is 768 g/mol. The Labute approximate surface area is 320 Å². The van der Waals surface area contributed by atoms with Crippen molar-refractivity contribution in [2.45, 2.75) is 109 Å². The quantitative estimate of drug-likeness (QED) is 0.274. The monoisotopic (exact) mass is 767 g/mol. The van der Waals surface area contributed by atoms with Gasteiger partial charge >= 0.3 is 0 Å². The lowest BCUT2D eigenvalue weighted by Gasteiger charge is -2.46. The van der Waals surface area contributed by atoms with E-state index >= 15 is 0 Å². The largest absolute Gasteiger partial charge is 0.451 e. The first-order valence-electron chi connectivity index (χ1n) is 19.8. The predicted molar refractivity (Wildman–Crippen MR) is 207 cm³/mol. The third-order valence-corrected chi connectivity index (χ3v) is 14.2. The van der Waals surface area contributed by atoms with Gasteiger partial charge in [0.2, 0.25) is 15.9 Å². The van der Waals surface area contributed by atoms with Gasteiger partial charge in [-0.2, -0.15) is 0 Å². The third kappa shape index (κ3) is 9.25. The van der Waals surface area contributed by atoms with Crippen molar-refractivity contribution >= 4 is 27.7 Å². The van der Waals surface area contributed by atoms with E-state index in [0.717, 1.165) is 77.7 Å². The molecule has 14 heteroatoms. The molecule has 3 aliphatic heterocycles. The number of sulfonamides is 1. The minimum atomic E-state index is -3.43. The second kappa shape index (κ2) is 17.0. The third-order valence-electron chi connectivity index (χ3n) is 12.2. The van der Waals surface area contributed by atoms with E-state index in [-0.39, 0.29) is 46.7 Å². The van der Waals surface area contributed by atoms with Gasteiger partial charge in [0.05, 0.1) is 17.0 Å². The number of nitrogens with zero attached hydrogens (tertiary/aromatic N) is 6. The van der Waals surface area contributed by atoms with E-state index in [0.29, 0.717) is 43.4 Å². The molecular weight excluding hydrogens is 710 g/mol. The van der Waals surface area contributed by atoms with Crippen molar-refractivity contribution in [1.29, 1.82) is 0 Å². The van der Waals surface area contributed by atoms with E-state index in [9.17, 15) is 22.4 Å². The van der Waals surface area contributed by atoms with Crippen LogP contribution in [0.3, 0.4) is 0 Å². The van der Waals surface area contributed by atoms with Gasteiger partial charge < -0.3 is 24.3 Å². The number of piperidine rings is 2. The number of rotatable bonds is 12. The topological polar surface area (TPSA) is 128 Å². The van der Waals surface area contributed by atoms with E-state index in [2.05, 4.69) is 31.1 Å². The maximum Gasteiger partial charge on any atom is 0.258 e. The number of ether oxygens (including phenoxy) is 1. The van der Waals surface area contributed by atoms with Gasteiger partial charge in [0.1, 0.15) is 17.9 Å². The van der Waals surface area contributed by atoms with E-state index < -0.39 is 21.1 Å². The normalized spacial score (nSPS) is 21.6. The first-order valence-corrected chi connectivity index (χ1v) is 21.3. The maximum atomic E-state index is 14.4. The van der Waals surface area contributed by atoms with Crippen LogP contribution >= 0.6 is 0 Å². The number of hydrogen-bond acceptors (Lipinski definition) is 9. The summed E-state index contributed by atoms with van der Waals surface area (Å²) in [5.41, 5.74) is 0.450. The van der Waals surface area contributed by atoms with Gasteiger partial charge in [0, 0.05) is 50.8 Å². The SMILES string of the molecule is C=CC(=O)N1CCC(S(=O)(=O)NC2CCC3(CC2)CCN(C[C@@H]2CCN(c4ncncc4Oc4ccc(F)cc4C(=O)N(C(C)C)C(C)C)C2)CC3)CC1. The summed E-state index contributed by atoms with van der Waals surface area (Å²) in [7, 11) is -3.43. The number of hydrogen-bond donors (Lipinski definition) is 1. The van der Waals surface area contributed by atoms with Crippen LogP contribution < -0.4 is 14.4 Å². The summed E-state index contributed by atoms with van der Waals surface area (Å²) in [6, 6.07) is 3.88. The summed E-state index contributed by atoms with van der Waals surface area (Å²) in [6.07, 6.45) is 12.4. The molecule has 0 unspecified atom stereocenters. The van der Waals surface area contributed by atoms with Gasteiger partial charge in [0.15, 0.2) is 11.6 Å².